The summed E-state index contributed by atoms with van der Waals surface area (Å²) in [5, 5.41) is 3.26. The molecule has 0 aliphatic carbocycles. The molecule has 1 fully saturated rings. The predicted octanol–water partition coefficient (Wildman–Crippen LogP) is 1.48. The number of ether oxygens (including phenoxy) is 1. The zero-order valence-electron chi connectivity index (χ0n) is 13.3. The number of halogens is 1. The van der Waals surface area contributed by atoms with Gasteiger partial charge in [0.1, 0.15) is 0 Å². The van der Waals surface area contributed by atoms with Crippen LogP contribution in [-0.2, 0) is 14.8 Å². The SMILES string of the molecule is COC(=O)c1cc(S(=O)(=O)NCCC2CCNC2)ccc1C.Cl. The quantitative estimate of drug-likeness (QED) is 0.749. The van der Waals surface area contributed by atoms with Gasteiger partial charge in [-0.1, -0.05) is 6.07 Å². The molecular weight excluding hydrogens is 340 g/mol. The second kappa shape index (κ2) is 8.63. The van der Waals surface area contributed by atoms with E-state index in [4.69, 9.17) is 0 Å². The maximum absolute atomic E-state index is 12.3. The molecule has 0 aromatic heterocycles. The standard InChI is InChI=1S/C15H22N2O4S.ClH/c1-11-3-4-13(9-14(11)15(18)21-2)22(19,20)17-8-6-12-5-7-16-10-12;/h3-4,9,12,16-17H,5-8,10H2,1-2H3;1H. The molecule has 1 unspecified atom stereocenters. The molecule has 0 radical (unpaired) electrons. The Morgan fingerprint density at radius 1 is 1.43 bits per heavy atom. The van der Waals surface area contributed by atoms with E-state index in [1.165, 1.54) is 19.2 Å². The zero-order valence-corrected chi connectivity index (χ0v) is 14.9. The molecule has 0 amide bonds. The van der Waals surface area contributed by atoms with E-state index in [1.54, 1.807) is 13.0 Å². The van der Waals surface area contributed by atoms with Gasteiger partial charge in [-0.25, -0.2) is 17.9 Å². The van der Waals surface area contributed by atoms with Crippen molar-refractivity contribution in [3.8, 4) is 0 Å². The van der Waals surface area contributed by atoms with Crippen LogP contribution in [0.5, 0.6) is 0 Å². The number of sulfonamides is 1. The number of carbonyl (C=O) groups is 1. The van der Waals surface area contributed by atoms with Crippen molar-refractivity contribution in [3.63, 3.8) is 0 Å². The van der Waals surface area contributed by atoms with Gasteiger partial charge in [0, 0.05) is 6.54 Å². The van der Waals surface area contributed by atoms with E-state index in [0.717, 1.165) is 25.9 Å². The van der Waals surface area contributed by atoms with E-state index in [-0.39, 0.29) is 22.9 Å². The highest BCUT2D eigenvalue weighted by atomic mass is 35.5. The van der Waals surface area contributed by atoms with Gasteiger partial charge >= 0.3 is 5.97 Å². The van der Waals surface area contributed by atoms with Crippen LogP contribution in [0.15, 0.2) is 23.1 Å². The van der Waals surface area contributed by atoms with E-state index in [1.807, 2.05) is 0 Å². The number of benzene rings is 1. The van der Waals surface area contributed by atoms with Crippen molar-refractivity contribution < 1.29 is 17.9 Å². The summed E-state index contributed by atoms with van der Waals surface area (Å²) in [5.74, 6) is -0.0158. The third-order valence-corrected chi connectivity index (χ3v) is 5.39. The van der Waals surface area contributed by atoms with Crippen molar-refractivity contribution in [1.82, 2.24) is 10.0 Å². The molecule has 1 aromatic carbocycles. The Morgan fingerprint density at radius 2 is 2.17 bits per heavy atom. The molecule has 1 aliphatic rings. The average Bonchev–Trinajstić information content (AvgIpc) is 3.00. The van der Waals surface area contributed by atoms with Crippen LogP contribution in [0.3, 0.4) is 0 Å². The molecule has 0 saturated carbocycles. The van der Waals surface area contributed by atoms with Gasteiger partial charge in [0.25, 0.3) is 0 Å². The monoisotopic (exact) mass is 362 g/mol. The van der Waals surface area contributed by atoms with Crippen molar-refractivity contribution >= 4 is 28.4 Å². The summed E-state index contributed by atoms with van der Waals surface area (Å²) in [6.45, 7) is 4.08. The van der Waals surface area contributed by atoms with Crippen LogP contribution in [0, 0.1) is 12.8 Å². The van der Waals surface area contributed by atoms with Crippen molar-refractivity contribution in [2.24, 2.45) is 5.92 Å². The molecule has 1 aromatic rings. The van der Waals surface area contributed by atoms with Crippen LogP contribution in [0.2, 0.25) is 0 Å². The molecule has 1 heterocycles. The maximum Gasteiger partial charge on any atom is 0.338 e. The van der Waals surface area contributed by atoms with Gasteiger partial charge < -0.3 is 10.1 Å². The first kappa shape index (κ1) is 19.9. The van der Waals surface area contributed by atoms with Gasteiger partial charge in [-0.05, 0) is 56.5 Å². The smallest absolute Gasteiger partial charge is 0.338 e. The predicted molar refractivity (Wildman–Crippen MR) is 90.5 cm³/mol. The number of esters is 1. The summed E-state index contributed by atoms with van der Waals surface area (Å²) in [6.07, 6.45) is 1.89. The molecule has 1 saturated heterocycles. The third-order valence-electron chi connectivity index (χ3n) is 3.93. The summed E-state index contributed by atoms with van der Waals surface area (Å²) in [5.41, 5.74) is 0.952. The Kier molecular flexibility index (Phi) is 7.47. The highest BCUT2D eigenvalue weighted by Crippen LogP contribution is 2.17. The lowest BCUT2D eigenvalue weighted by atomic mass is 10.1. The fraction of sp³-hybridized carbons (Fsp3) is 0.533. The van der Waals surface area contributed by atoms with E-state index < -0.39 is 16.0 Å². The normalized spacial score (nSPS) is 17.6. The average molecular weight is 363 g/mol. The Hall–Kier alpha value is -1.15. The fourth-order valence-electron chi connectivity index (χ4n) is 2.54. The zero-order chi connectivity index (χ0) is 16.2. The van der Waals surface area contributed by atoms with Crippen molar-refractivity contribution in [2.45, 2.75) is 24.7 Å². The molecule has 6 nitrogen and oxygen atoms in total. The molecule has 1 atom stereocenters. The second-order valence-electron chi connectivity index (χ2n) is 5.51. The Bertz CT molecular complexity index is 643. The van der Waals surface area contributed by atoms with Crippen molar-refractivity contribution in [2.75, 3.05) is 26.7 Å². The van der Waals surface area contributed by atoms with E-state index in [2.05, 4.69) is 14.8 Å². The van der Waals surface area contributed by atoms with Gasteiger partial charge in [-0.15, -0.1) is 12.4 Å². The van der Waals surface area contributed by atoms with Gasteiger partial charge in [0.2, 0.25) is 10.0 Å². The number of carbonyl (C=O) groups excluding carboxylic acids is 1. The highest BCUT2D eigenvalue weighted by Gasteiger charge is 2.19. The van der Waals surface area contributed by atoms with Gasteiger partial charge in [0.15, 0.2) is 0 Å². The third kappa shape index (κ3) is 5.17. The lowest BCUT2D eigenvalue weighted by Gasteiger charge is -2.11. The first-order chi connectivity index (χ1) is 10.4. The molecular formula is C15H23ClN2O4S. The number of aryl methyl sites for hydroxylation is 1. The summed E-state index contributed by atoms with van der Waals surface area (Å²) in [4.78, 5) is 11.7. The first-order valence-electron chi connectivity index (χ1n) is 7.33. The topological polar surface area (TPSA) is 84.5 Å². The Labute approximate surface area is 143 Å². The molecule has 2 N–H and O–H groups in total. The summed E-state index contributed by atoms with van der Waals surface area (Å²) < 4.78 is 31.9. The lowest BCUT2D eigenvalue weighted by Crippen LogP contribution is -2.27. The molecule has 2 rings (SSSR count). The molecule has 0 bridgehead atoms. The second-order valence-corrected chi connectivity index (χ2v) is 7.28. The minimum absolute atomic E-state index is 0. The minimum atomic E-state index is -3.61. The van der Waals surface area contributed by atoms with Crippen LogP contribution >= 0.6 is 12.4 Å². The number of hydrogen-bond donors (Lipinski definition) is 2. The van der Waals surface area contributed by atoms with Crippen LogP contribution in [0.4, 0.5) is 0 Å². The van der Waals surface area contributed by atoms with E-state index >= 15 is 0 Å². The Morgan fingerprint density at radius 3 is 2.78 bits per heavy atom. The lowest BCUT2D eigenvalue weighted by molar-refractivity contribution is 0.0599. The molecule has 1 aliphatic heterocycles. The van der Waals surface area contributed by atoms with Gasteiger partial charge in [-0.3, -0.25) is 0 Å². The van der Waals surface area contributed by atoms with Crippen molar-refractivity contribution in [1.29, 1.82) is 0 Å². The molecule has 0 spiro atoms. The number of nitrogens with one attached hydrogen (secondary N) is 2. The number of hydrogen-bond acceptors (Lipinski definition) is 5. The molecule has 23 heavy (non-hydrogen) atoms. The Balaban J connectivity index is 0.00000264. The van der Waals surface area contributed by atoms with E-state index in [9.17, 15) is 13.2 Å². The van der Waals surface area contributed by atoms with Crippen LogP contribution < -0.4 is 10.0 Å². The summed E-state index contributed by atoms with van der Waals surface area (Å²) in [7, 11) is -2.34. The first-order valence-corrected chi connectivity index (χ1v) is 8.81. The molecule has 130 valence electrons. The molecule has 8 heteroatoms. The fourth-order valence-corrected chi connectivity index (χ4v) is 3.61. The van der Waals surface area contributed by atoms with Gasteiger partial charge in [-0.2, -0.15) is 0 Å². The minimum Gasteiger partial charge on any atom is -0.465 e. The summed E-state index contributed by atoms with van der Waals surface area (Å²) >= 11 is 0. The van der Waals surface area contributed by atoms with Crippen LogP contribution in [-0.4, -0.2) is 41.1 Å². The number of rotatable bonds is 6. The summed E-state index contributed by atoms with van der Waals surface area (Å²) in [6, 6.07) is 4.48. The van der Waals surface area contributed by atoms with Gasteiger partial charge in [0.05, 0.1) is 17.6 Å². The maximum atomic E-state index is 12.3. The highest BCUT2D eigenvalue weighted by molar-refractivity contribution is 7.89. The number of methoxy groups -OCH3 is 1. The largest absolute Gasteiger partial charge is 0.465 e. The van der Waals surface area contributed by atoms with Crippen molar-refractivity contribution in [3.05, 3.63) is 29.3 Å². The van der Waals surface area contributed by atoms with E-state index in [0.29, 0.717) is 18.0 Å². The van der Waals surface area contributed by atoms with Crippen LogP contribution in [0.25, 0.3) is 0 Å². The van der Waals surface area contributed by atoms with Crippen LogP contribution in [0.1, 0.15) is 28.8 Å².